The van der Waals surface area contributed by atoms with Crippen LogP contribution < -0.4 is 0 Å². The summed E-state index contributed by atoms with van der Waals surface area (Å²) in [6, 6.07) is 0.867. The van der Waals surface area contributed by atoms with Crippen molar-refractivity contribution in [3.63, 3.8) is 0 Å². The average Bonchev–Trinajstić information content (AvgIpc) is 2.86. The van der Waals surface area contributed by atoms with E-state index in [0.717, 1.165) is 12.0 Å². The third-order valence-corrected chi connectivity index (χ3v) is 5.62. The Bertz CT molecular complexity index is 293. The molecule has 3 fully saturated rings. The molecule has 0 amide bonds. The lowest BCUT2D eigenvalue weighted by Crippen LogP contribution is -2.53. The molecule has 0 saturated carbocycles. The molecule has 0 spiro atoms. The number of nitrogens with zero attached hydrogens (tertiary/aromatic N) is 4. The van der Waals surface area contributed by atoms with E-state index in [1.807, 2.05) is 0 Å². The number of piperidine rings is 1. The van der Waals surface area contributed by atoms with Gasteiger partial charge in [-0.05, 0) is 58.9 Å². The van der Waals surface area contributed by atoms with Gasteiger partial charge in [0.2, 0.25) is 0 Å². The normalized spacial score (nSPS) is 33.0. The van der Waals surface area contributed by atoms with E-state index in [9.17, 15) is 0 Å². The summed E-state index contributed by atoms with van der Waals surface area (Å²) in [5.41, 5.74) is 0. The molecule has 4 heteroatoms. The van der Waals surface area contributed by atoms with E-state index in [4.69, 9.17) is 0 Å². The summed E-state index contributed by atoms with van der Waals surface area (Å²) in [4.78, 5) is 10.4. The van der Waals surface area contributed by atoms with Crippen LogP contribution in [0.25, 0.3) is 0 Å². The first-order valence-corrected chi connectivity index (χ1v) is 8.54. The van der Waals surface area contributed by atoms with Crippen molar-refractivity contribution in [1.29, 1.82) is 0 Å². The van der Waals surface area contributed by atoms with Crippen molar-refractivity contribution in [2.24, 2.45) is 5.92 Å². The molecule has 3 saturated heterocycles. The van der Waals surface area contributed by atoms with Gasteiger partial charge in [-0.3, -0.25) is 4.90 Å². The lowest BCUT2D eigenvalue weighted by atomic mass is 10.0. The van der Waals surface area contributed by atoms with E-state index >= 15 is 0 Å². The van der Waals surface area contributed by atoms with Crippen LogP contribution in [0.3, 0.4) is 0 Å². The monoisotopic (exact) mass is 280 g/mol. The van der Waals surface area contributed by atoms with Gasteiger partial charge in [0, 0.05) is 45.3 Å². The van der Waals surface area contributed by atoms with Gasteiger partial charge < -0.3 is 14.7 Å². The molecule has 0 aromatic rings. The first-order valence-electron chi connectivity index (χ1n) is 8.54. The van der Waals surface area contributed by atoms with Crippen molar-refractivity contribution in [3.8, 4) is 0 Å². The average molecular weight is 280 g/mol. The Morgan fingerprint density at radius 2 is 1.40 bits per heavy atom. The van der Waals surface area contributed by atoms with E-state index < -0.39 is 0 Å². The van der Waals surface area contributed by atoms with Gasteiger partial charge in [0.15, 0.2) is 0 Å². The van der Waals surface area contributed by atoms with Gasteiger partial charge >= 0.3 is 0 Å². The Labute approximate surface area is 124 Å². The number of piperazine rings is 1. The van der Waals surface area contributed by atoms with Crippen LogP contribution in [0.1, 0.15) is 19.3 Å². The van der Waals surface area contributed by atoms with Gasteiger partial charge in [0.05, 0.1) is 0 Å². The first-order chi connectivity index (χ1) is 9.70. The molecule has 0 aromatic carbocycles. The molecule has 3 aliphatic rings. The third-order valence-electron chi connectivity index (χ3n) is 5.62. The molecule has 116 valence electrons. The van der Waals surface area contributed by atoms with Crippen molar-refractivity contribution >= 4 is 0 Å². The molecular formula is C16H32N4. The highest BCUT2D eigenvalue weighted by Crippen LogP contribution is 2.20. The second-order valence-electron chi connectivity index (χ2n) is 7.29. The minimum atomic E-state index is 0.867. The van der Waals surface area contributed by atoms with E-state index in [-0.39, 0.29) is 0 Å². The molecule has 1 unspecified atom stereocenters. The fraction of sp³-hybridized carbons (Fsp3) is 1.00. The quantitative estimate of drug-likeness (QED) is 0.752. The van der Waals surface area contributed by atoms with Crippen molar-refractivity contribution in [3.05, 3.63) is 0 Å². The lowest BCUT2D eigenvalue weighted by molar-refractivity contribution is 0.0590. The standard InChI is InChI=1S/C16H32N4/c1-17-7-4-16(5-8-17)20-11-9-19(10-12-20)14-15-3-6-18(2)13-15/h15-16H,3-14H2,1-2H3. The summed E-state index contributed by atoms with van der Waals surface area (Å²) in [7, 11) is 4.52. The van der Waals surface area contributed by atoms with Crippen molar-refractivity contribution in [1.82, 2.24) is 19.6 Å². The van der Waals surface area contributed by atoms with E-state index in [1.54, 1.807) is 0 Å². The summed E-state index contributed by atoms with van der Waals surface area (Å²) in [6.45, 7) is 11.7. The Morgan fingerprint density at radius 3 is 2.00 bits per heavy atom. The Hall–Kier alpha value is -0.160. The molecule has 0 bridgehead atoms. The lowest BCUT2D eigenvalue weighted by Gasteiger charge is -2.42. The molecule has 4 nitrogen and oxygen atoms in total. The van der Waals surface area contributed by atoms with Crippen LogP contribution in [0.4, 0.5) is 0 Å². The second-order valence-corrected chi connectivity index (χ2v) is 7.29. The van der Waals surface area contributed by atoms with Gasteiger partial charge in [-0.2, -0.15) is 0 Å². The maximum absolute atomic E-state index is 2.77. The van der Waals surface area contributed by atoms with Crippen LogP contribution in [-0.4, -0.2) is 98.6 Å². The topological polar surface area (TPSA) is 13.0 Å². The minimum absolute atomic E-state index is 0.867. The van der Waals surface area contributed by atoms with Gasteiger partial charge in [-0.25, -0.2) is 0 Å². The Morgan fingerprint density at radius 1 is 0.750 bits per heavy atom. The van der Waals surface area contributed by atoms with Gasteiger partial charge in [-0.1, -0.05) is 0 Å². The minimum Gasteiger partial charge on any atom is -0.306 e. The molecule has 1 atom stereocenters. The zero-order valence-electron chi connectivity index (χ0n) is 13.4. The van der Waals surface area contributed by atoms with Gasteiger partial charge in [-0.15, -0.1) is 0 Å². The fourth-order valence-electron chi connectivity index (χ4n) is 4.21. The molecule has 0 aliphatic carbocycles. The number of hydrogen-bond donors (Lipinski definition) is 0. The van der Waals surface area contributed by atoms with Crippen LogP contribution in [0.15, 0.2) is 0 Å². The summed E-state index contributed by atoms with van der Waals surface area (Å²) >= 11 is 0. The van der Waals surface area contributed by atoms with Crippen LogP contribution in [-0.2, 0) is 0 Å². The maximum atomic E-state index is 2.77. The summed E-state index contributed by atoms with van der Waals surface area (Å²) in [5.74, 6) is 0.926. The molecule has 0 radical (unpaired) electrons. The smallest absolute Gasteiger partial charge is 0.0121 e. The predicted molar refractivity (Wildman–Crippen MR) is 84.1 cm³/mol. The maximum Gasteiger partial charge on any atom is 0.0121 e. The molecule has 3 rings (SSSR count). The SMILES string of the molecule is CN1CCC(N2CCN(CC3CCN(C)C3)CC2)CC1. The molecule has 3 aliphatic heterocycles. The summed E-state index contributed by atoms with van der Waals surface area (Å²) in [6.07, 6.45) is 4.17. The molecule has 20 heavy (non-hydrogen) atoms. The van der Waals surface area contributed by atoms with Crippen molar-refractivity contribution in [2.45, 2.75) is 25.3 Å². The second kappa shape index (κ2) is 6.73. The van der Waals surface area contributed by atoms with Crippen molar-refractivity contribution in [2.75, 3.05) is 73.0 Å². The Balaban J connectivity index is 1.38. The van der Waals surface area contributed by atoms with Crippen LogP contribution in [0.5, 0.6) is 0 Å². The fourth-order valence-corrected chi connectivity index (χ4v) is 4.21. The first kappa shape index (κ1) is 14.8. The zero-order chi connectivity index (χ0) is 13.9. The van der Waals surface area contributed by atoms with Gasteiger partial charge in [0.1, 0.15) is 0 Å². The Kier molecular flexibility index (Phi) is 4.97. The molecule has 3 heterocycles. The van der Waals surface area contributed by atoms with Crippen molar-refractivity contribution < 1.29 is 0 Å². The highest BCUT2D eigenvalue weighted by Gasteiger charge is 2.28. The van der Waals surface area contributed by atoms with E-state index in [0.29, 0.717) is 0 Å². The highest BCUT2D eigenvalue weighted by atomic mass is 15.3. The third kappa shape index (κ3) is 3.73. The van der Waals surface area contributed by atoms with E-state index in [1.165, 1.54) is 78.2 Å². The van der Waals surface area contributed by atoms with Gasteiger partial charge in [0.25, 0.3) is 0 Å². The van der Waals surface area contributed by atoms with Crippen LogP contribution in [0.2, 0.25) is 0 Å². The number of likely N-dealkylation sites (tertiary alicyclic amines) is 2. The molecule has 0 N–H and O–H groups in total. The molecular weight excluding hydrogens is 248 g/mol. The zero-order valence-corrected chi connectivity index (χ0v) is 13.4. The van der Waals surface area contributed by atoms with Crippen LogP contribution >= 0.6 is 0 Å². The highest BCUT2D eigenvalue weighted by molar-refractivity contribution is 4.84. The predicted octanol–water partition coefficient (Wildman–Crippen LogP) is 0.650. The molecule has 0 aromatic heterocycles. The summed E-state index contributed by atoms with van der Waals surface area (Å²) < 4.78 is 0. The summed E-state index contributed by atoms with van der Waals surface area (Å²) in [5, 5.41) is 0. The number of rotatable bonds is 3. The van der Waals surface area contributed by atoms with Crippen LogP contribution in [0, 0.1) is 5.92 Å². The number of hydrogen-bond acceptors (Lipinski definition) is 4. The van der Waals surface area contributed by atoms with E-state index in [2.05, 4.69) is 33.7 Å². The largest absolute Gasteiger partial charge is 0.306 e.